The Morgan fingerprint density at radius 2 is 1.89 bits per heavy atom. The van der Waals surface area contributed by atoms with Gasteiger partial charge in [0.05, 0.1) is 24.0 Å². The van der Waals surface area contributed by atoms with E-state index in [4.69, 9.17) is 11.6 Å². The lowest BCUT2D eigenvalue weighted by atomic mass is 10.1. The van der Waals surface area contributed by atoms with Crippen molar-refractivity contribution in [3.8, 4) is 0 Å². The summed E-state index contributed by atoms with van der Waals surface area (Å²) in [6.07, 6.45) is 0.110. The third-order valence-corrected chi connectivity index (χ3v) is 8.54. The summed E-state index contributed by atoms with van der Waals surface area (Å²) in [5, 5.41) is 0.988. The van der Waals surface area contributed by atoms with Crippen LogP contribution in [-0.2, 0) is 21.1 Å². The summed E-state index contributed by atoms with van der Waals surface area (Å²) >= 11 is 7.54. The molecular weight excluding hydrogens is 416 g/mol. The minimum absolute atomic E-state index is 0.0801. The first-order valence-electron chi connectivity index (χ1n) is 8.91. The first-order valence-corrected chi connectivity index (χ1v) is 12.0. The molecule has 2 saturated heterocycles. The zero-order chi connectivity index (χ0) is 19.9. The summed E-state index contributed by atoms with van der Waals surface area (Å²) in [5.41, 5.74) is 2.63. The molecule has 0 bridgehead atoms. The topological polar surface area (TPSA) is 66.8 Å². The molecule has 2 aliphatic rings. The van der Waals surface area contributed by atoms with Crippen LogP contribution in [0.3, 0.4) is 0 Å². The summed E-state index contributed by atoms with van der Waals surface area (Å²) < 4.78 is 24.3. The maximum Gasteiger partial charge on any atom is 0.252 e. The maximum absolute atomic E-state index is 12.6. The van der Waals surface area contributed by atoms with Crippen LogP contribution in [0.25, 0.3) is 0 Å². The minimum atomic E-state index is -3.09. The van der Waals surface area contributed by atoms with E-state index in [0.29, 0.717) is 10.2 Å². The fraction of sp³-hybridized carbons (Fsp3) is 0.300. The fourth-order valence-corrected chi connectivity index (χ4v) is 7.76. The molecule has 2 unspecified atom stereocenters. The van der Waals surface area contributed by atoms with Crippen molar-refractivity contribution in [2.24, 2.45) is 4.99 Å². The Bertz CT molecular complexity index is 1070. The molecule has 0 aliphatic carbocycles. The van der Waals surface area contributed by atoms with Crippen molar-refractivity contribution >= 4 is 50.0 Å². The Balaban J connectivity index is 1.67. The van der Waals surface area contributed by atoms with Gasteiger partial charge in [0.1, 0.15) is 0 Å². The molecule has 0 radical (unpaired) electrons. The van der Waals surface area contributed by atoms with Gasteiger partial charge in [-0.15, -0.1) is 0 Å². The number of rotatable bonds is 3. The summed E-state index contributed by atoms with van der Waals surface area (Å²) in [6.45, 7) is 1.97. The second kappa shape index (κ2) is 7.54. The normalized spacial score (nSPS) is 24.5. The Kier molecular flexibility index (Phi) is 5.24. The molecule has 4 rings (SSSR count). The SMILES string of the molecule is Cc1ccccc1N1C(=NC(=O)Cc2ccccc2Cl)SC2CS(=O)(=O)CC21. The molecule has 0 spiro atoms. The van der Waals surface area contributed by atoms with E-state index >= 15 is 0 Å². The fourth-order valence-electron chi connectivity index (χ4n) is 3.63. The van der Waals surface area contributed by atoms with Gasteiger partial charge >= 0.3 is 0 Å². The number of nitrogens with zero attached hydrogens (tertiary/aromatic N) is 2. The lowest BCUT2D eigenvalue weighted by molar-refractivity contribution is -0.117. The van der Waals surface area contributed by atoms with Gasteiger partial charge in [0.2, 0.25) is 0 Å². The first kappa shape index (κ1) is 19.5. The molecule has 146 valence electrons. The highest BCUT2D eigenvalue weighted by atomic mass is 35.5. The number of aryl methyl sites for hydroxylation is 1. The number of aliphatic imine (C=N–C) groups is 1. The van der Waals surface area contributed by atoms with Gasteiger partial charge in [-0.25, -0.2) is 8.42 Å². The number of carbonyl (C=O) groups excluding carboxylic acids is 1. The van der Waals surface area contributed by atoms with Crippen molar-refractivity contribution < 1.29 is 13.2 Å². The van der Waals surface area contributed by atoms with Crippen LogP contribution in [0, 0.1) is 6.92 Å². The minimum Gasteiger partial charge on any atom is -0.315 e. The monoisotopic (exact) mass is 434 g/mol. The third kappa shape index (κ3) is 3.83. The zero-order valence-electron chi connectivity index (χ0n) is 15.2. The number of sulfone groups is 1. The van der Waals surface area contributed by atoms with Gasteiger partial charge in [0.25, 0.3) is 5.91 Å². The predicted molar refractivity (Wildman–Crippen MR) is 115 cm³/mol. The molecule has 2 aliphatic heterocycles. The zero-order valence-corrected chi connectivity index (χ0v) is 17.6. The summed E-state index contributed by atoms with van der Waals surface area (Å²) in [6, 6.07) is 14.8. The molecule has 2 aromatic rings. The highest BCUT2D eigenvalue weighted by Gasteiger charge is 2.49. The first-order chi connectivity index (χ1) is 13.3. The summed E-state index contributed by atoms with van der Waals surface area (Å²) in [5.74, 6) is -0.101. The van der Waals surface area contributed by atoms with Crippen molar-refractivity contribution in [2.75, 3.05) is 16.4 Å². The van der Waals surface area contributed by atoms with Crippen LogP contribution in [-0.4, -0.2) is 42.3 Å². The van der Waals surface area contributed by atoms with Crippen LogP contribution in [0.2, 0.25) is 5.02 Å². The predicted octanol–water partition coefficient (Wildman–Crippen LogP) is 3.49. The van der Waals surface area contributed by atoms with Crippen molar-refractivity contribution in [3.63, 3.8) is 0 Å². The number of hydrogen-bond acceptors (Lipinski definition) is 4. The van der Waals surface area contributed by atoms with Crippen molar-refractivity contribution in [1.29, 1.82) is 0 Å². The van der Waals surface area contributed by atoms with E-state index in [1.54, 1.807) is 6.07 Å². The molecule has 0 saturated carbocycles. The Morgan fingerprint density at radius 1 is 1.18 bits per heavy atom. The van der Waals surface area contributed by atoms with Gasteiger partial charge in [-0.2, -0.15) is 4.99 Å². The molecule has 2 atom stereocenters. The van der Waals surface area contributed by atoms with Gasteiger partial charge in [0.15, 0.2) is 15.0 Å². The molecule has 2 aromatic carbocycles. The number of carbonyl (C=O) groups is 1. The molecule has 8 heteroatoms. The van der Waals surface area contributed by atoms with Crippen molar-refractivity contribution in [1.82, 2.24) is 0 Å². The second-order valence-electron chi connectivity index (χ2n) is 7.01. The van der Waals surface area contributed by atoms with E-state index in [1.165, 1.54) is 11.8 Å². The molecule has 2 fully saturated rings. The Labute approximate surface area is 173 Å². The molecule has 1 amide bonds. The second-order valence-corrected chi connectivity index (χ2v) is 10.8. The number of benzene rings is 2. The van der Waals surface area contributed by atoms with E-state index in [9.17, 15) is 13.2 Å². The average Bonchev–Trinajstić information content (AvgIpc) is 3.08. The lowest BCUT2D eigenvalue weighted by Crippen LogP contribution is -2.38. The molecule has 28 heavy (non-hydrogen) atoms. The number of anilines is 1. The standard InChI is InChI=1S/C20H19ClN2O3S2/c1-13-6-2-5-9-16(13)23-17-11-28(25,26)12-18(17)27-20(23)22-19(24)10-14-7-3-4-8-15(14)21/h2-9,17-18H,10-12H2,1H3. The van der Waals surface area contributed by atoms with E-state index in [1.807, 2.05) is 54.3 Å². The Hall–Kier alpha value is -1.83. The van der Waals surface area contributed by atoms with E-state index < -0.39 is 9.84 Å². The highest BCUT2D eigenvalue weighted by Crippen LogP contribution is 2.41. The van der Waals surface area contributed by atoms with E-state index in [2.05, 4.69) is 4.99 Å². The number of hydrogen-bond donors (Lipinski definition) is 0. The third-order valence-electron chi connectivity index (χ3n) is 4.96. The van der Waals surface area contributed by atoms with Gasteiger partial charge in [-0.3, -0.25) is 4.79 Å². The Morgan fingerprint density at radius 3 is 2.64 bits per heavy atom. The molecule has 2 heterocycles. The molecule has 0 N–H and O–H groups in total. The van der Waals surface area contributed by atoms with Crippen LogP contribution in [0.5, 0.6) is 0 Å². The maximum atomic E-state index is 12.6. The highest BCUT2D eigenvalue weighted by molar-refractivity contribution is 8.16. The average molecular weight is 435 g/mol. The number of para-hydroxylation sites is 1. The number of halogens is 1. The van der Waals surface area contributed by atoms with Gasteiger partial charge in [0, 0.05) is 16.0 Å². The smallest absolute Gasteiger partial charge is 0.252 e. The number of thioether (sulfide) groups is 1. The largest absolute Gasteiger partial charge is 0.315 e. The van der Waals surface area contributed by atoms with Crippen molar-refractivity contribution in [3.05, 3.63) is 64.7 Å². The number of amides is 1. The van der Waals surface area contributed by atoms with Crippen LogP contribution in [0.15, 0.2) is 53.5 Å². The molecular formula is C20H19ClN2O3S2. The quantitative estimate of drug-likeness (QED) is 0.739. The number of amidine groups is 1. The van der Waals surface area contributed by atoms with E-state index in [0.717, 1.165) is 16.8 Å². The van der Waals surface area contributed by atoms with Crippen LogP contribution >= 0.6 is 23.4 Å². The summed E-state index contributed by atoms with van der Waals surface area (Å²) in [7, 11) is -3.09. The van der Waals surface area contributed by atoms with Gasteiger partial charge < -0.3 is 4.90 Å². The number of fused-ring (bicyclic) bond motifs is 1. The van der Waals surface area contributed by atoms with Gasteiger partial charge in [-0.1, -0.05) is 59.8 Å². The lowest BCUT2D eigenvalue weighted by Gasteiger charge is -2.26. The van der Waals surface area contributed by atoms with Crippen LogP contribution in [0.1, 0.15) is 11.1 Å². The van der Waals surface area contributed by atoms with E-state index in [-0.39, 0.29) is 35.1 Å². The summed E-state index contributed by atoms with van der Waals surface area (Å²) in [4.78, 5) is 18.9. The molecule has 0 aromatic heterocycles. The van der Waals surface area contributed by atoms with Crippen LogP contribution < -0.4 is 4.90 Å². The van der Waals surface area contributed by atoms with Crippen molar-refractivity contribution in [2.45, 2.75) is 24.6 Å². The molecule has 5 nitrogen and oxygen atoms in total. The van der Waals surface area contributed by atoms with Gasteiger partial charge in [-0.05, 0) is 30.2 Å². The van der Waals surface area contributed by atoms with Crippen LogP contribution in [0.4, 0.5) is 5.69 Å².